The summed E-state index contributed by atoms with van der Waals surface area (Å²) in [6.07, 6.45) is 6.40. The van der Waals surface area contributed by atoms with E-state index in [2.05, 4.69) is 119 Å². The fraction of sp³-hybridized carbons (Fsp3) is 0.211. The first kappa shape index (κ1) is 26.0. The van der Waals surface area contributed by atoms with Gasteiger partial charge < -0.3 is 19.3 Å². The van der Waals surface area contributed by atoms with Crippen molar-refractivity contribution in [3.8, 4) is 11.5 Å². The van der Waals surface area contributed by atoms with Crippen molar-refractivity contribution in [2.75, 3.05) is 24.0 Å². The van der Waals surface area contributed by atoms with E-state index in [0.29, 0.717) is 5.92 Å². The molecule has 0 atom stereocenters. The molecule has 0 N–H and O–H groups in total. The van der Waals surface area contributed by atoms with Crippen LogP contribution >= 0.6 is 0 Å². The van der Waals surface area contributed by atoms with Crippen LogP contribution in [0.2, 0.25) is 0 Å². The van der Waals surface area contributed by atoms with E-state index in [1.54, 1.807) is 14.2 Å². The molecule has 212 valence electrons. The van der Waals surface area contributed by atoms with Gasteiger partial charge in [0.25, 0.3) is 6.71 Å². The fourth-order valence-electron chi connectivity index (χ4n) is 7.67. The first-order valence-electron chi connectivity index (χ1n) is 15.5. The summed E-state index contributed by atoms with van der Waals surface area (Å²) in [6.45, 7) is 0.0911. The predicted molar refractivity (Wildman–Crippen MR) is 179 cm³/mol. The highest BCUT2D eigenvalue weighted by Gasteiger charge is 2.44. The topological polar surface area (TPSA) is 24.9 Å². The molecule has 1 saturated carbocycles. The highest BCUT2D eigenvalue weighted by Crippen LogP contribution is 2.48. The standard InChI is InChI=1S/C38H35BN2O2/c1-42-29-21-22-31-34(25-29)40(28-15-7-4-8-16-28)35-23-27(26-13-5-3-6-14-26)24-36-38(35)39(31)30-17-9-10-18-32(30)41(36)33-19-11-12-20-37(33)43-2/h4,7-12,15-26H,3,5-6,13-14H2,1-2H3. The molecule has 5 aromatic rings. The third kappa shape index (κ3) is 4.13. The minimum atomic E-state index is 0.0911. The molecule has 0 spiro atoms. The van der Waals surface area contributed by atoms with Crippen molar-refractivity contribution >= 4 is 57.2 Å². The molecule has 0 aromatic heterocycles. The van der Waals surface area contributed by atoms with E-state index < -0.39 is 0 Å². The zero-order chi connectivity index (χ0) is 28.9. The van der Waals surface area contributed by atoms with E-state index >= 15 is 0 Å². The van der Waals surface area contributed by atoms with E-state index in [1.165, 1.54) is 76.8 Å². The van der Waals surface area contributed by atoms with Gasteiger partial charge in [0, 0.05) is 34.5 Å². The average molecular weight is 563 g/mol. The van der Waals surface area contributed by atoms with E-state index in [4.69, 9.17) is 9.47 Å². The van der Waals surface area contributed by atoms with Crippen LogP contribution in [0.5, 0.6) is 11.5 Å². The maximum absolute atomic E-state index is 5.98. The van der Waals surface area contributed by atoms with Crippen LogP contribution < -0.4 is 35.7 Å². The van der Waals surface area contributed by atoms with Crippen LogP contribution in [0.25, 0.3) is 0 Å². The molecular formula is C38H35BN2O2. The number of methoxy groups -OCH3 is 2. The SMILES string of the molecule is COc1ccc2c(c1)N(c1ccccc1)c1cc(C3CCCCC3)cc3c1B2c1ccccc1N3c1ccccc1OC. The second kappa shape index (κ2) is 10.6. The second-order valence-corrected chi connectivity index (χ2v) is 11.9. The number of benzene rings is 5. The van der Waals surface area contributed by atoms with Crippen LogP contribution in [0.1, 0.15) is 43.6 Å². The zero-order valence-electron chi connectivity index (χ0n) is 24.8. The molecule has 0 radical (unpaired) electrons. The van der Waals surface area contributed by atoms with Gasteiger partial charge >= 0.3 is 0 Å². The normalized spacial score (nSPS) is 15.4. The number of rotatable bonds is 5. The largest absolute Gasteiger partial charge is 0.497 e. The Morgan fingerprint density at radius 1 is 0.581 bits per heavy atom. The molecule has 0 saturated heterocycles. The van der Waals surface area contributed by atoms with Crippen LogP contribution in [0.15, 0.2) is 109 Å². The van der Waals surface area contributed by atoms with Crippen LogP contribution in [0, 0.1) is 0 Å². The molecule has 0 bridgehead atoms. The summed E-state index contributed by atoms with van der Waals surface area (Å²) in [6, 6.07) is 39.7. The first-order chi connectivity index (χ1) is 21.3. The Kier molecular flexibility index (Phi) is 6.40. The number of fused-ring (bicyclic) bond motifs is 4. The molecule has 2 heterocycles. The number of ether oxygens (including phenoxy) is 2. The van der Waals surface area contributed by atoms with Gasteiger partial charge in [-0.2, -0.15) is 0 Å². The lowest BCUT2D eigenvalue weighted by Crippen LogP contribution is -2.61. The number of hydrogen-bond acceptors (Lipinski definition) is 4. The van der Waals surface area contributed by atoms with E-state index in [9.17, 15) is 0 Å². The molecule has 2 aliphatic heterocycles. The van der Waals surface area contributed by atoms with Gasteiger partial charge in [0.2, 0.25) is 0 Å². The molecule has 5 aromatic carbocycles. The molecule has 4 nitrogen and oxygen atoms in total. The van der Waals surface area contributed by atoms with Crippen molar-refractivity contribution < 1.29 is 9.47 Å². The summed E-state index contributed by atoms with van der Waals surface area (Å²) in [5, 5.41) is 0. The maximum atomic E-state index is 5.98. The molecule has 3 aliphatic rings. The Labute approximate surface area is 254 Å². The maximum Gasteiger partial charge on any atom is 0.252 e. The van der Waals surface area contributed by atoms with Crippen molar-refractivity contribution in [1.29, 1.82) is 0 Å². The van der Waals surface area contributed by atoms with Crippen molar-refractivity contribution in [2.45, 2.75) is 38.0 Å². The second-order valence-electron chi connectivity index (χ2n) is 11.9. The fourth-order valence-corrected chi connectivity index (χ4v) is 7.67. The minimum Gasteiger partial charge on any atom is -0.497 e. The van der Waals surface area contributed by atoms with Gasteiger partial charge in [0.15, 0.2) is 0 Å². The lowest BCUT2D eigenvalue weighted by atomic mass is 9.33. The molecule has 1 aliphatic carbocycles. The summed E-state index contributed by atoms with van der Waals surface area (Å²) in [5.41, 5.74) is 12.4. The summed E-state index contributed by atoms with van der Waals surface area (Å²) in [7, 11) is 3.53. The van der Waals surface area contributed by atoms with Gasteiger partial charge in [-0.15, -0.1) is 0 Å². The van der Waals surface area contributed by atoms with Gasteiger partial charge in [0.05, 0.1) is 19.9 Å². The monoisotopic (exact) mass is 562 g/mol. The average Bonchev–Trinajstić information content (AvgIpc) is 3.08. The Bertz CT molecular complexity index is 1820. The van der Waals surface area contributed by atoms with Crippen molar-refractivity contribution in [1.82, 2.24) is 0 Å². The smallest absolute Gasteiger partial charge is 0.252 e. The molecule has 43 heavy (non-hydrogen) atoms. The molecule has 1 fully saturated rings. The summed E-state index contributed by atoms with van der Waals surface area (Å²) in [4.78, 5) is 4.92. The van der Waals surface area contributed by atoms with Crippen molar-refractivity contribution in [3.63, 3.8) is 0 Å². The molecular weight excluding hydrogens is 527 g/mol. The number of hydrogen-bond donors (Lipinski definition) is 0. The van der Waals surface area contributed by atoms with E-state index in [0.717, 1.165) is 22.9 Å². The van der Waals surface area contributed by atoms with E-state index in [1.807, 2.05) is 0 Å². The third-order valence-electron chi connectivity index (χ3n) is 9.62. The van der Waals surface area contributed by atoms with Crippen LogP contribution in [-0.4, -0.2) is 20.9 Å². The van der Waals surface area contributed by atoms with Gasteiger partial charge in [-0.25, -0.2) is 0 Å². The van der Waals surface area contributed by atoms with Crippen LogP contribution in [-0.2, 0) is 0 Å². The van der Waals surface area contributed by atoms with Gasteiger partial charge in [-0.1, -0.05) is 73.9 Å². The Balaban J connectivity index is 1.48. The van der Waals surface area contributed by atoms with Gasteiger partial charge in [0.1, 0.15) is 11.5 Å². The van der Waals surface area contributed by atoms with Gasteiger partial charge in [-0.3, -0.25) is 0 Å². The summed E-state index contributed by atoms with van der Waals surface area (Å²) < 4.78 is 11.8. The first-order valence-corrected chi connectivity index (χ1v) is 15.5. The van der Waals surface area contributed by atoms with E-state index in [-0.39, 0.29) is 6.71 Å². The Morgan fingerprint density at radius 2 is 1.26 bits per heavy atom. The lowest BCUT2D eigenvalue weighted by molar-refractivity contribution is 0.415. The zero-order valence-corrected chi connectivity index (χ0v) is 24.8. The molecule has 0 unspecified atom stereocenters. The summed E-state index contributed by atoms with van der Waals surface area (Å²) in [5.74, 6) is 2.29. The van der Waals surface area contributed by atoms with Crippen LogP contribution in [0.3, 0.4) is 0 Å². The van der Waals surface area contributed by atoms with Crippen molar-refractivity contribution in [3.05, 3.63) is 115 Å². The van der Waals surface area contributed by atoms with Gasteiger partial charge in [-0.05, 0) is 89.2 Å². The predicted octanol–water partition coefficient (Wildman–Crippen LogP) is 7.83. The van der Waals surface area contributed by atoms with Crippen LogP contribution in [0.4, 0.5) is 34.1 Å². The number of nitrogens with zero attached hydrogens (tertiary/aromatic N) is 2. The quantitative estimate of drug-likeness (QED) is 0.200. The molecule has 8 rings (SSSR count). The Morgan fingerprint density at radius 3 is 2.02 bits per heavy atom. The molecule has 5 heteroatoms. The summed E-state index contributed by atoms with van der Waals surface area (Å²) >= 11 is 0. The highest BCUT2D eigenvalue weighted by atomic mass is 16.5. The minimum absolute atomic E-state index is 0.0911. The Hall–Kier alpha value is -4.64. The lowest BCUT2D eigenvalue weighted by Gasteiger charge is -2.45. The highest BCUT2D eigenvalue weighted by molar-refractivity contribution is 7.00. The van der Waals surface area contributed by atoms with Crippen molar-refractivity contribution in [2.24, 2.45) is 0 Å². The third-order valence-corrected chi connectivity index (χ3v) is 9.62. The number of para-hydroxylation sites is 4. The molecule has 0 amide bonds. The number of anilines is 6.